The molecule has 0 aliphatic carbocycles. The van der Waals surface area contributed by atoms with Gasteiger partial charge in [-0.25, -0.2) is 0 Å². The number of rotatable bonds is 12. The molecule has 0 spiro atoms. The molecule has 0 radical (unpaired) electrons. The number of carbonyl (C=O) groups excluding carboxylic acids is 1. The smallest absolute Gasteiger partial charge is 0.170 e. The maximum atomic E-state index is 11.2. The number of anilines is 1. The van der Waals surface area contributed by atoms with Crippen molar-refractivity contribution in [3.8, 4) is 5.75 Å². The van der Waals surface area contributed by atoms with Crippen LogP contribution in [0.1, 0.15) is 13.3 Å². The molecule has 1 aromatic carbocycles. The van der Waals surface area contributed by atoms with Crippen LogP contribution in [0.5, 0.6) is 5.75 Å². The van der Waals surface area contributed by atoms with Crippen LogP contribution in [-0.4, -0.2) is 51.1 Å². The molecule has 1 unspecified atom stereocenters. The van der Waals surface area contributed by atoms with Crippen molar-refractivity contribution < 1.29 is 19.0 Å². The molecule has 0 fully saturated rings. The lowest BCUT2D eigenvalue weighted by Gasteiger charge is -2.09. The fraction of sp³-hybridized carbons (Fsp3) is 0.562. The number of hydrogen-bond acceptors (Lipinski definition) is 6. The summed E-state index contributed by atoms with van der Waals surface area (Å²) < 4.78 is 16.3. The fourth-order valence-electron chi connectivity index (χ4n) is 1.62. The minimum Gasteiger partial charge on any atom is -0.491 e. The Kier molecular flexibility index (Phi) is 9.70. The van der Waals surface area contributed by atoms with Crippen LogP contribution in [0.15, 0.2) is 24.3 Å². The van der Waals surface area contributed by atoms with Gasteiger partial charge < -0.3 is 19.5 Å². The van der Waals surface area contributed by atoms with Gasteiger partial charge in [0.2, 0.25) is 0 Å². The molecular weight excluding hydrogens is 302 g/mol. The van der Waals surface area contributed by atoms with Gasteiger partial charge in [-0.2, -0.15) is 12.6 Å². The second kappa shape index (κ2) is 11.3. The van der Waals surface area contributed by atoms with Crippen LogP contribution in [-0.2, 0) is 14.3 Å². The molecule has 5 nitrogen and oxygen atoms in total. The monoisotopic (exact) mass is 327 g/mol. The first-order valence-electron chi connectivity index (χ1n) is 7.40. The lowest BCUT2D eigenvalue weighted by Crippen LogP contribution is -2.18. The molecule has 1 N–H and O–H groups in total. The molecule has 1 atom stereocenters. The van der Waals surface area contributed by atoms with E-state index < -0.39 is 0 Å². The van der Waals surface area contributed by atoms with Crippen molar-refractivity contribution >= 4 is 24.1 Å². The molecule has 124 valence electrons. The Labute approximate surface area is 137 Å². The van der Waals surface area contributed by atoms with E-state index in [-0.39, 0.29) is 17.6 Å². The van der Waals surface area contributed by atoms with Crippen LogP contribution >= 0.6 is 12.6 Å². The quantitative estimate of drug-likeness (QED) is 0.456. The van der Waals surface area contributed by atoms with Gasteiger partial charge in [-0.05, 0) is 25.5 Å². The van der Waals surface area contributed by atoms with Gasteiger partial charge in [-0.15, -0.1) is 0 Å². The zero-order valence-corrected chi connectivity index (χ0v) is 14.1. The van der Waals surface area contributed by atoms with E-state index in [0.29, 0.717) is 26.4 Å². The first kappa shape index (κ1) is 18.8. The van der Waals surface area contributed by atoms with Gasteiger partial charge in [0.15, 0.2) is 5.78 Å². The topological polar surface area (TPSA) is 56.8 Å². The van der Waals surface area contributed by atoms with Gasteiger partial charge >= 0.3 is 0 Å². The van der Waals surface area contributed by atoms with Gasteiger partial charge in [-0.3, -0.25) is 4.79 Å². The third kappa shape index (κ3) is 8.26. The molecule has 0 aliphatic rings. The first-order chi connectivity index (χ1) is 10.6. The third-order valence-corrected chi connectivity index (χ3v) is 3.19. The molecule has 1 rings (SSSR count). The summed E-state index contributed by atoms with van der Waals surface area (Å²) in [6, 6.07) is 7.76. The second-order valence-electron chi connectivity index (χ2n) is 4.79. The predicted octanol–water partition coefficient (Wildman–Crippen LogP) is 2.42. The maximum absolute atomic E-state index is 11.2. The average Bonchev–Trinajstić information content (AvgIpc) is 2.53. The van der Waals surface area contributed by atoms with Crippen molar-refractivity contribution in [3.05, 3.63) is 24.3 Å². The van der Waals surface area contributed by atoms with Crippen molar-refractivity contribution in [2.45, 2.75) is 18.6 Å². The SMILES string of the molecule is CNc1cccc(OCCOCCCOCC(=O)C(C)S)c1. The Morgan fingerprint density at radius 1 is 1.23 bits per heavy atom. The van der Waals surface area contributed by atoms with E-state index in [1.807, 2.05) is 31.3 Å². The Morgan fingerprint density at radius 2 is 2.00 bits per heavy atom. The summed E-state index contributed by atoms with van der Waals surface area (Å²) in [5.74, 6) is 0.819. The van der Waals surface area contributed by atoms with Crippen LogP contribution in [0.2, 0.25) is 0 Å². The van der Waals surface area contributed by atoms with E-state index in [0.717, 1.165) is 17.9 Å². The standard InChI is InChI=1S/C16H25NO4S/c1-13(22)16(18)12-20-8-4-7-19-9-10-21-15-6-3-5-14(11-15)17-2/h3,5-6,11,13,17,22H,4,7-10,12H2,1-2H3. The van der Waals surface area contributed by atoms with Crippen LogP contribution < -0.4 is 10.1 Å². The summed E-state index contributed by atoms with van der Waals surface area (Å²) in [6.07, 6.45) is 0.753. The lowest BCUT2D eigenvalue weighted by atomic mass is 10.3. The summed E-state index contributed by atoms with van der Waals surface area (Å²) in [4.78, 5) is 11.2. The number of hydrogen-bond donors (Lipinski definition) is 2. The van der Waals surface area contributed by atoms with Crippen LogP contribution in [0.4, 0.5) is 5.69 Å². The molecule has 1 aromatic rings. The molecule has 0 saturated carbocycles. The minimum absolute atomic E-state index is 0.00134. The van der Waals surface area contributed by atoms with Crippen molar-refractivity contribution in [1.82, 2.24) is 0 Å². The normalized spacial score (nSPS) is 12.0. The highest BCUT2D eigenvalue weighted by Gasteiger charge is 2.07. The van der Waals surface area contributed by atoms with Crippen molar-refractivity contribution in [2.75, 3.05) is 45.4 Å². The number of ether oxygens (including phenoxy) is 3. The zero-order valence-electron chi connectivity index (χ0n) is 13.2. The molecule has 0 saturated heterocycles. The summed E-state index contributed by atoms with van der Waals surface area (Å²) in [5.41, 5.74) is 1.01. The van der Waals surface area contributed by atoms with Gasteiger partial charge in [0.05, 0.1) is 11.9 Å². The average molecular weight is 327 g/mol. The number of ketones is 1. The van der Waals surface area contributed by atoms with Gasteiger partial charge in [-0.1, -0.05) is 6.07 Å². The maximum Gasteiger partial charge on any atom is 0.170 e. The largest absolute Gasteiger partial charge is 0.491 e. The fourth-order valence-corrected chi connectivity index (χ4v) is 1.69. The zero-order chi connectivity index (χ0) is 16.2. The Bertz CT molecular complexity index is 440. The highest BCUT2D eigenvalue weighted by molar-refractivity contribution is 7.81. The molecule has 22 heavy (non-hydrogen) atoms. The summed E-state index contributed by atoms with van der Waals surface area (Å²) in [7, 11) is 1.87. The predicted molar refractivity (Wildman–Crippen MR) is 91.2 cm³/mol. The Hall–Kier alpha value is -1.24. The molecule has 0 aromatic heterocycles. The Morgan fingerprint density at radius 3 is 2.73 bits per heavy atom. The number of benzene rings is 1. The van der Waals surface area contributed by atoms with E-state index in [9.17, 15) is 4.79 Å². The molecule has 0 heterocycles. The first-order valence-corrected chi connectivity index (χ1v) is 7.92. The molecule has 0 aliphatic heterocycles. The summed E-state index contributed by atoms with van der Waals surface area (Å²) >= 11 is 4.05. The molecule has 0 amide bonds. The molecule has 6 heteroatoms. The van der Waals surface area contributed by atoms with E-state index >= 15 is 0 Å². The minimum atomic E-state index is -0.269. The van der Waals surface area contributed by atoms with Gasteiger partial charge in [0.25, 0.3) is 0 Å². The lowest BCUT2D eigenvalue weighted by molar-refractivity contribution is -0.122. The van der Waals surface area contributed by atoms with E-state index in [1.54, 1.807) is 6.92 Å². The molecule has 0 bridgehead atoms. The number of thiol groups is 1. The van der Waals surface area contributed by atoms with Crippen LogP contribution in [0.25, 0.3) is 0 Å². The van der Waals surface area contributed by atoms with Crippen LogP contribution in [0, 0.1) is 0 Å². The highest BCUT2D eigenvalue weighted by Crippen LogP contribution is 2.16. The number of carbonyl (C=O) groups is 1. The van der Waals surface area contributed by atoms with Gasteiger partial charge in [0.1, 0.15) is 19.0 Å². The number of Topliss-reactive ketones (excluding diaryl/α,β-unsaturated/α-hetero) is 1. The Balaban J connectivity index is 1.96. The second-order valence-corrected chi connectivity index (χ2v) is 5.56. The van der Waals surface area contributed by atoms with E-state index in [1.165, 1.54) is 0 Å². The van der Waals surface area contributed by atoms with Gasteiger partial charge in [0, 0.05) is 32.0 Å². The van der Waals surface area contributed by atoms with E-state index in [4.69, 9.17) is 14.2 Å². The van der Waals surface area contributed by atoms with Crippen LogP contribution in [0.3, 0.4) is 0 Å². The third-order valence-electron chi connectivity index (χ3n) is 2.91. The van der Waals surface area contributed by atoms with Crippen molar-refractivity contribution in [2.24, 2.45) is 0 Å². The van der Waals surface area contributed by atoms with E-state index in [2.05, 4.69) is 17.9 Å². The molecular formula is C16H25NO4S. The highest BCUT2D eigenvalue weighted by atomic mass is 32.1. The summed E-state index contributed by atoms with van der Waals surface area (Å²) in [5, 5.41) is 2.79. The van der Waals surface area contributed by atoms with Crippen molar-refractivity contribution in [1.29, 1.82) is 0 Å². The number of nitrogens with one attached hydrogen (secondary N) is 1. The van der Waals surface area contributed by atoms with Crippen molar-refractivity contribution in [3.63, 3.8) is 0 Å². The summed E-state index contributed by atoms with van der Waals surface area (Å²) in [6.45, 7) is 3.99.